The van der Waals surface area contributed by atoms with Crippen LogP contribution in [0.1, 0.15) is 52.4 Å². The molecule has 0 spiro atoms. The van der Waals surface area contributed by atoms with Crippen LogP contribution in [-0.2, 0) is 13.5 Å². The predicted octanol–water partition coefficient (Wildman–Crippen LogP) is 4.00. The summed E-state index contributed by atoms with van der Waals surface area (Å²) in [6.45, 7) is 7.28. The highest BCUT2D eigenvalue weighted by atomic mass is 32.1. The van der Waals surface area contributed by atoms with Gasteiger partial charge in [-0.05, 0) is 56.9 Å². The largest absolute Gasteiger partial charge is 0.337 e. The van der Waals surface area contributed by atoms with E-state index < -0.39 is 0 Å². The molecule has 166 valence electrons. The fraction of sp³-hybridized carbons (Fsp3) is 0.417. The van der Waals surface area contributed by atoms with Gasteiger partial charge in [0.25, 0.3) is 11.5 Å². The number of nitrogens with zero attached hydrogens (tertiary/aromatic N) is 5. The van der Waals surface area contributed by atoms with Crippen molar-refractivity contribution in [2.75, 3.05) is 13.1 Å². The van der Waals surface area contributed by atoms with Gasteiger partial charge in [0, 0.05) is 30.6 Å². The maximum Gasteiger partial charge on any atom is 0.262 e. The Morgan fingerprint density at radius 1 is 1.28 bits per heavy atom. The lowest BCUT2D eigenvalue weighted by Gasteiger charge is -2.33. The molecule has 0 aliphatic carbocycles. The number of hydrogen-bond donors (Lipinski definition) is 0. The number of hydrogen-bond acceptors (Lipinski definition) is 5. The third-order valence-corrected chi connectivity index (χ3v) is 7.78. The van der Waals surface area contributed by atoms with Crippen LogP contribution in [-0.4, -0.2) is 43.0 Å². The van der Waals surface area contributed by atoms with Gasteiger partial charge in [0.2, 0.25) is 0 Å². The minimum atomic E-state index is -0.0668. The number of imidazole rings is 1. The van der Waals surface area contributed by atoms with E-state index in [0.717, 1.165) is 56.8 Å². The molecule has 0 radical (unpaired) electrons. The average molecular weight is 450 g/mol. The number of aryl methyl sites for hydroxylation is 4. The Hall–Kier alpha value is -3.00. The number of carbonyl (C=O) groups excluding carboxylic acids is 1. The van der Waals surface area contributed by atoms with Crippen molar-refractivity contribution < 1.29 is 4.79 Å². The van der Waals surface area contributed by atoms with Crippen molar-refractivity contribution in [2.24, 2.45) is 7.05 Å². The molecule has 32 heavy (non-hydrogen) atoms. The number of fused-ring (bicyclic) bond motifs is 2. The van der Waals surface area contributed by atoms with E-state index in [-0.39, 0.29) is 17.5 Å². The van der Waals surface area contributed by atoms with Gasteiger partial charge in [0.1, 0.15) is 10.7 Å². The van der Waals surface area contributed by atoms with E-state index in [1.807, 2.05) is 41.6 Å². The Kier molecular flexibility index (Phi) is 5.12. The first-order chi connectivity index (χ1) is 15.4. The van der Waals surface area contributed by atoms with Crippen LogP contribution >= 0.6 is 11.3 Å². The summed E-state index contributed by atoms with van der Waals surface area (Å²) < 4.78 is 3.77. The summed E-state index contributed by atoms with van der Waals surface area (Å²) in [7, 11) is 1.98. The van der Waals surface area contributed by atoms with Gasteiger partial charge < -0.3 is 9.47 Å². The SMILES string of the molecule is CCc1c(C)sc2ncn(C3CCCN(C(=O)c4ccc5c(c4)nc(C)n5C)C3)c(=O)c12. The molecule has 3 aromatic heterocycles. The molecule has 1 unspecified atom stereocenters. The quantitative estimate of drug-likeness (QED) is 0.474. The molecule has 4 heterocycles. The van der Waals surface area contributed by atoms with Gasteiger partial charge in [-0.15, -0.1) is 11.3 Å². The first kappa shape index (κ1) is 20.9. The number of likely N-dealkylation sites (tertiary alicyclic amines) is 1. The second-order valence-corrected chi connectivity index (χ2v) is 9.80. The number of benzene rings is 1. The minimum absolute atomic E-state index is 0.0115. The summed E-state index contributed by atoms with van der Waals surface area (Å²) >= 11 is 1.58. The molecule has 1 saturated heterocycles. The molecule has 1 atom stereocenters. The maximum atomic E-state index is 13.4. The molecule has 8 heteroatoms. The molecule has 1 amide bonds. The lowest BCUT2D eigenvalue weighted by Crippen LogP contribution is -2.43. The number of piperidine rings is 1. The number of carbonyl (C=O) groups is 1. The van der Waals surface area contributed by atoms with E-state index in [1.165, 1.54) is 0 Å². The molecule has 7 nitrogen and oxygen atoms in total. The van der Waals surface area contributed by atoms with E-state index in [4.69, 9.17) is 0 Å². The van der Waals surface area contributed by atoms with E-state index in [0.29, 0.717) is 18.7 Å². The van der Waals surface area contributed by atoms with Crippen molar-refractivity contribution in [3.63, 3.8) is 0 Å². The van der Waals surface area contributed by atoms with Gasteiger partial charge in [-0.1, -0.05) is 6.92 Å². The van der Waals surface area contributed by atoms with Gasteiger partial charge >= 0.3 is 0 Å². The van der Waals surface area contributed by atoms with Crippen molar-refractivity contribution in [2.45, 2.75) is 46.1 Å². The van der Waals surface area contributed by atoms with Crippen LogP contribution in [0.3, 0.4) is 0 Å². The zero-order valence-corrected chi connectivity index (χ0v) is 19.7. The fourth-order valence-electron chi connectivity index (χ4n) is 4.86. The van der Waals surface area contributed by atoms with Crippen LogP contribution in [0.15, 0.2) is 29.3 Å². The summed E-state index contributed by atoms with van der Waals surface area (Å²) in [6.07, 6.45) is 4.20. The molecule has 1 aromatic carbocycles. The molecule has 0 saturated carbocycles. The van der Waals surface area contributed by atoms with E-state index in [1.54, 1.807) is 22.2 Å². The van der Waals surface area contributed by atoms with Crippen molar-refractivity contribution in [1.82, 2.24) is 24.0 Å². The normalized spacial score (nSPS) is 16.9. The van der Waals surface area contributed by atoms with Crippen molar-refractivity contribution >= 4 is 38.5 Å². The Labute approximate surface area is 190 Å². The molecule has 0 bridgehead atoms. The lowest BCUT2D eigenvalue weighted by molar-refractivity contribution is 0.0677. The Morgan fingerprint density at radius 2 is 2.09 bits per heavy atom. The summed E-state index contributed by atoms with van der Waals surface area (Å²) in [5.41, 5.74) is 3.59. The van der Waals surface area contributed by atoms with Crippen molar-refractivity contribution in [1.29, 1.82) is 0 Å². The van der Waals surface area contributed by atoms with Gasteiger partial charge in [-0.3, -0.25) is 14.2 Å². The monoisotopic (exact) mass is 449 g/mol. The third kappa shape index (κ3) is 3.24. The van der Waals surface area contributed by atoms with Gasteiger partial charge in [0.05, 0.1) is 28.8 Å². The van der Waals surface area contributed by atoms with Crippen molar-refractivity contribution in [3.8, 4) is 0 Å². The molecular formula is C24H27N5O2S. The number of thiophene rings is 1. The van der Waals surface area contributed by atoms with Crippen LogP contribution in [0.25, 0.3) is 21.3 Å². The highest BCUT2D eigenvalue weighted by Gasteiger charge is 2.27. The highest BCUT2D eigenvalue weighted by Crippen LogP contribution is 2.29. The van der Waals surface area contributed by atoms with Crippen LogP contribution in [0.4, 0.5) is 0 Å². The Balaban J connectivity index is 1.45. The second-order valence-electron chi connectivity index (χ2n) is 8.60. The summed E-state index contributed by atoms with van der Waals surface area (Å²) in [5.74, 6) is 0.905. The molecule has 4 aromatic rings. The predicted molar refractivity (Wildman–Crippen MR) is 128 cm³/mol. The van der Waals surface area contributed by atoms with E-state index >= 15 is 0 Å². The Morgan fingerprint density at radius 3 is 2.88 bits per heavy atom. The first-order valence-corrected chi connectivity index (χ1v) is 11.9. The van der Waals surface area contributed by atoms with Crippen LogP contribution in [0, 0.1) is 13.8 Å². The van der Waals surface area contributed by atoms with Gasteiger partial charge in [-0.25, -0.2) is 9.97 Å². The fourth-order valence-corrected chi connectivity index (χ4v) is 5.93. The maximum absolute atomic E-state index is 13.4. The highest BCUT2D eigenvalue weighted by molar-refractivity contribution is 7.18. The second kappa shape index (κ2) is 7.85. The Bertz CT molecular complexity index is 1410. The molecule has 5 rings (SSSR count). The standard InChI is InChI=1S/C24H27N5O2S/c1-5-18-14(2)32-22-21(18)24(31)29(13-25-22)17-7-6-10-28(12-17)23(30)16-8-9-20-19(11-16)26-15(3)27(20)4/h8-9,11,13,17H,5-7,10,12H2,1-4H3. The molecule has 1 fully saturated rings. The first-order valence-electron chi connectivity index (χ1n) is 11.1. The lowest BCUT2D eigenvalue weighted by atomic mass is 10.0. The summed E-state index contributed by atoms with van der Waals surface area (Å²) in [6, 6.07) is 5.63. The smallest absolute Gasteiger partial charge is 0.262 e. The van der Waals surface area contributed by atoms with E-state index in [9.17, 15) is 9.59 Å². The molecule has 1 aliphatic heterocycles. The average Bonchev–Trinajstić information content (AvgIpc) is 3.28. The zero-order chi connectivity index (χ0) is 22.6. The van der Waals surface area contributed by atoms with Crippen LogP contribution in [0.5, 0.6) is 0 Å². The summed E-state index contributed by atoms with van der Waals surface area (Å²) in [4.78, 5) is 39.6. The number of amides is 1. The zero-order valence-electron chi connectivity index (χ0n) is 18.9. The van der Waals surface area contributed by atoms with Crippen LogP contribution < -0.4 is 5.56 Å². The number of aromatic nitrogens is 4. The molecule has 1 aliphatic rings. The molecule has 0 N–H and O–H groups in total. The molecular weight excluding hydrogens is 422 g/mol. The van der Waals surface area contributed by atoms with Crippen LogP contribution in [0.2, 0.25) is 0 Å². The van der Waals surface area contributed by atoms with E-state index in [2.05, 4.69) is 23.8 Å². The van der Waals surface area contributed by atoms with Gasteiger partial charge in [-0.2, -0.15) is 0 Å². The van der Waals surface area contributed by atoms with Gasteiger partial charge in [0.15, 0.2) is 0 Å². The minimum Gasteiger partial charge on any atom is -0.337 e. The van der Waals surface area contributed by atoms with Crippen molar-refractivity contribution in [3.05, 3.63) is 56.7 Å². The summed E-state index contributed by atoms with van der Waals surface area (Å²) in [5, 5.41) is 0.747. The third-order valence-electron chi connectivity index (χ3n) is 6.72. The number of rotatable bonds is 3. The topological polar surface area (TPSA) is 73.0 Å².